The summed E-state index contributed by atoms with van der Waals surface area (Å²) in [6.07, 6.45) is 0. The maximum atomic E-state index is 12.8. The molecule has 0 saturated carbocycles. The lowest BCUT2D eigenvalue weighted by atomic mass is 10.0. The number of rotatable bonds is 1. The van der Waals surface area contributed by atoms with Crippen LogP contribution in [0, 0.1) is 12.7 Å². The molecule has 0 unspecified atom stereocenters. The molecule has 2 rings (SSSR count). The van der Waals surface area contributed by atoms with E-state index >= 15 is 0 Å². The van der Waals surface area contributed by atoms with Gasteiger partial charge in [-0.05, 0) is 42.3 Å². The van der Waals surface area contributed by atoms with Crippen LogP contribution in [-0.2, 0) is 0 Å². The maximum Gasteiger partial charge on any atom is 0.126 e. The first-order valence-electron chi connectivity index (χ1n) is 4.86. The Hall–Kier alpha value is -2.03. The summed E-state index contributed by atoms with van der Waals surface area (Å²) in [4.78, 5) is 0. The SMILES string of the molecule is Cc1cc(-c2ccc(F)cc2O)ccc1O. The van der Waals surface area contributed by atoms with Crippen molar-refractivity contribution < 1.29 is 14.6 Å². The standard InChI is InChI=1S/C13H11FO2/c1-8-6-9(2-5-12(8)15)11-4-3-10(14)7-13(11)16/h2-7,15-16H,1H3. The molecule has 0 saturated heterocycles. The topological polar surface area (TPSA) is 40.5 Å². The number of phenols is 2. The van der Waals surface area contributed by atoms with Crippen LogP contribution in [0.4, 0.5) is 4.39 Å². The summed E-state index contributed by atoms with van der Waals surface area (Å²) in [5.74, 6) is -0.382. The average molecular weight is 218 g/mol. The fourth-order valence-electron chi connectivity index (χ4n) is 1.57. The van der Waals surface area contributed by atoms with E-state index in [0.717, 1.165) is 11.6 Å². The van der Waals surface area contributed by atoms with Gasteiger partial charge in [0.25, 0.3) is 0 Å². The van der Waals surface area contributed by atoms with Crippen LogP contribution >= 0.6 is 0 Å². The summed E-state index contributed by atoms with van der Waals surface area (Å²) in [5, 5.41) is 19.0. The summed E-state index contributed by atoms with van der Waals surface area (Å²) in [6.45, 7) is 1.76. The first-order valence-corrected chi connectivity index (χ1v) is 4.86. The molecule has 82 valence electrons. The van der Waals surface area contributed by atoms with E-state index < -0.39 is 5.82 Å². The molecule has 16 heavy (non-hydrogen) atoms. The summed E-state index contributed by atoms with van der Waals surface area (Å²) in [5.41, 5.74) is 2.00. The highest BCUT2D eigenvalue weighted by molar-refractivity contribution is 5.71. The number of aryl methyl sites for hydroxylation is 1. The highest BCUT2D eigenvalue weighted by Gasteiger charge is 2.06. The highest BCUT2D eigenvalue weighted by atomic mass is 19.1. The van der Waals surface area contributed by atoms with Crippen molar-refractivity contribution in [1.82, 2.24) is 0 Å². The van der Waals surface area contributed by atoms with Crippen molar-refractivity contribution in [2.24, 2.45) is 0 Å². The number of aromatic hydroxyl groups is 2. The number of phenolic OH excluding ortho intramolecular Hbond substituents is 2. The van der Waals surface area contributed by atoms with E-state index in [0.29, 0.717) is 11.1 Å². The molecule has 0 amide bonds. The number of halogens is 1. The molecule has 0 bridgehead atoms. The van der Waals surface area contributed by atoms with Crippen molar-refractivity contribution in [2.45, 2.75) is 6.92 Å². The zero-order valence-corrected chi connectivity index (χ0v) is 8.74. The van der Waals surface area contributed by atoms with Crippen LogP contribution in [0.15, 0.2) is 36.4 Å². The van der Waals surface area contributed by atoms with Gasteiger partial charge < -0.3 is 10.2 Å². The van der Waals surface area contributed by atoms with Crippen LogP contribution < -0.4 is 0 Å². The van der Waals surface area contributed by atoms with Crippen molar-refractivity contribution in [2.75, 3.05) is 0 Å². The zero-order valence-electron chi connectivity index (χ0n) is 8.74. The molecule has 2 aromatic rings. The van der Waals surface area contributed by atoms with Crippen molar-refractivity contribution in [3.8, 4) is 22.6 Å². The monoisotopic (exact) mass is 218 g/mol. The van der Waals surface area contributed by atoms with Gasteiger partial charge in [-0.25, -0.2) is 4.39 Å². The van der Waals surface area contributed by atoms with E-state index in [9.17, 15) is 14.6 Å². The molecule has 3 heteroatoms. The molecule has 0 aliphatic rings. The Bertz CT molecular complexity index is 535. The van der Waals surface area contributed by atoms with Crippen molar-refractivity contribution >= 4 is 0 Å². The fraction of sp³-hybridized carbons (Fsp3) is 0.0769. The number of hydrogen-bond acceptors (Lipinski definition) is 2. The first-order chi connectivity index (χ1) is 7.58. The van der Waals surface area contributed by atoms with Gasteiger partial charge in [0.1, 0.15) is 17.3 Å². The lowest BCUT2D eigenvalue weighted by molar-refractivity contribution is 0.469. The summed E-state index contributed by atoms with van der Waals surface area (Å²) in [6, 6.07) is 8.83. The third kappa shape index (κ3) is 1.84. The molecule has 0 aromatic heterocycles. The largest absolute Gasteiger partial charge is 0.508 e. The molecule has 0 atom stereocenters. The minimum atomic E-state index is -0.475. The number of benzene rings is 2. The van der Waals surface area contributed by atoms with Gasteiger partial charge in [-0.3, -0.25) is 0 Å². The molecule has 0 radical (unpaired) electrons. The molecule has 2 N–H and O–H groups in total. The van der Waals surface area contributed by atoms with Gasteiger partial charge in [-0.15, -0.1) is 0 Å². The molecular formula is C13H11FO2. The van der Waals surface area contributed by atoms with E-state index in [2.05, 4.69) is 0 Å². The Morgan fingerprint density at radius 2 is 1.69 bits per heavy atom. The second-order valence-corrected chi connectivity index (χ2v) is 3.66. The average Bonchev–Trinajstić information content (AvgIpc) is 2.22. The second kappa shape index (κ2) is 3.85. The van der Waals surface area contributed by atoms with E-state index in [-0.39, 0.29) is 11.5 Å². The first kappa shape index (κ1) is 10.5. The predicted molar refractivity (Wildman–Crippen MR) is 59.9 cm³/mol. The van der Waals surface area contributed by atoms with Crippen LogP contribution in [0.3, 0.4) is 0 Å². The van der Waals surface area contributed by atoms with Crippen LogP contribution in [0.1, 0.15) is 5.56 Å². The summed E-state index contributed by atoms with van der Waals surface area (Å²) >= 11 is 0. The quantitative estimate of drug-likeness (QED) is 0.771. The van der Waals surface area contributed by atoms with Gasteiger partial charge in [0.2, 0.25) is 0 Å². The lowest BCUT2D eigenvalue weighted by Gasteiger charge is -2.06. The van der Waals surface area contributed by atoms with Crippen LogP contribution in [0.5, 0.6) is 11.5 Å². The van der Waals surface area contributed by atoms with Crippen molar-refractivity contribution in [1.29, 1.82) is 0 Å². The van der Waals surface area contributed by atoms with E-state index in [1.54, 1.807) is 25.1 Å². The molecule has 0 aliphatic heterocycles. The Morgan fingerprint density at radius 1 is 0.938 bits per heavy atom. The van der Waals surface area contributed by atoms with Crippen LogP contribution in [0.2, 0.25) is 0 Å². The molecule has 2 aromatic carbocycles. The highest BCUT2D eigenvalue weighted by Crippen LogP contribution is 2.31. The fourth-order valence-corrected chi connectivity index (χ4v) is 1.57. The van der Waals surface area contributed by atoms with Crippen LogP contribution in [0.25, 0.3) is 11.1 Å². The third-order valence-electron chi connectivity index (χ3n) is 2.47. The molecule has 0 heterocycles. The molecular weight excluding hydrogens is 207 g/mol. The smallest absolute Gasteiger partial charge is 0.126 e. The maximum absolute atomic E-state index is 12.8. The van der Waals surface area contributed by atoms with E-state index in [4.69, 9.17) is 0 Å². The molecule has 0 spiro atoms. The predicted octanol–water partition coefficient (Wildman–Crippen LogP) is 3.21. The van der Waals surface area contributed by atoms with Gasteiger partial charge in [-0.1, -0.05) is 6.07 Å². The van der Waals surface area contributed by atoms with Gasteiger partial charge in [0, 0.05) is 11.6 Å². The minimum absolute atomic E-state index is 0.106. The van der Waals surface area contributed by atoms with Crippen molar-refractivity contribution in [3.63, 3.8) is 0 Å². The third-order valence-corrected chi connectivity index (χ3v) is 2.47. The van der Waals surface area contributed by atoms with Crippen LogP contribution in [-0.4, -0.2) is 10.2 Å². The van der Waals surface area contributed by atoms with E-state index in [1.165, 1.54) is 12.1 Å². The summed E-state index contributed by atoms with van der Waals surface area (Å²) in [7, 11) is 0. The Labute approximate surface area is 92.6 Å². The van der Waals surface area contributed by atoms with E-state index in [1.807, 2.05) is 0 Å². The van der Waals surface area contributed by atoms with Gasteiger partial charge >= 0.3 is 0 Å². The zero-order chi connectivity index (χ0) is 11.7. The number of hydrogen-bond donors (Lipinski definition) is 2. The van der Waals surface area contributed by atoms with Crippen molar-refractivity contribution in [3.05, 3.63) is 47.8 Å². The Balaban J connectivity index is 2.54. The van der Waals surface area contributed by atoms with Gasteiger partial charge in [0.05, 0.1) is 0 Å². The summed E-state index contributed by atoms with van der Waals surface area (Å²) < 4.78 is 12.8. The minimum Gasteiger partial charge on any atom is -0.508 e. The van der Waals surface area contributed by atoms with Gasteiger partial charge in [0.15, 0.2) is 0 Å². The molecule has 0 fully saturated rings. The lowest BCUT2D eigenvalue weighted by Crippen LogP contribution is -1.83. The molecule has 2 nitrogen and oxygen atoms in total. The molecule has 0 aliphatic carbocycles. The Morgan fingerprint density at radius 3 is 2.31 bits per heavy atom. The normalized spacial score (nSPS) is 10.4. The second-order valence-electron chi connectivity index (χ2n) is 3.66. The Kier molecular flexibility index (Phi) is 2.52. The van der Waals surface area contributed by atoms with Gasteiger partial charge in [-0.2, -0.15) is 0 Å².